The molecule has 12 heteroatoms. The van der Waals surface area contributed by atoms with Gasteiger partial charge in [-0.05, 0) is 17.0 Å². The van der Waals surface area contributed by atoms with Crippen molar-refractivity contribution in [2.75, 3.05) is 0 Å². The summed E-state index contributed by atoms with van der Waals surface area (Å²) in [6, 6.07) is 4.20. The van der Waals surface area contributed by atoms with Crippen molar-refractivity contribution < 1.29 is 32.8 Å². The van der Waals surface area contributed by atoms with Gasteiger partial charge in [-0.3, -0.25) is 14.9 Å². The van der Waals surface area contributed by atoms with E-state index >= 15 is 0 Å². The summed E-state index contributed by atoms with van der Waals surface area (Å²) in [7, 11) is 0. The maximum absolute atomic E-state index is 13.7. The molecular weight excluding hydrogens is 403 g/mol. The molecule has 1 fully saturated rings. The summed E-state index contributed by atoms with van der Waals surface area (Å²) in [5.41, 5.74) is -4.43. The Bertz CT molecular complexity index is 934. The highest BCUT2D eigenvalue weighted by atomic mass is 32.1. The number of benzene rings is 1. The monoisotopic (exact) mass is 415 g/mol. The average Bonchev–Trinajstić information content (AvgIpc) is 3.14. The quantitative estimate of drug-likeness (QED) is 0.403. The third-order valence-electron chi connectivity index (χ3n) is 4.29. The van der Waals surface area contributed by atoms with Crippen LogP contribution in [0.1, 0.15) is 21.3 Å². The standard InChI is InChI=1S/C16H12F3N3O5S/c17-16(18,19)15(25)11(13(23)10-5-2-6-28-10)12(20-14(24)21-15)8-3-1-4-9(7-8)22(26)27/h1-7,11-12,25H,(H2,20,21,24)/t11-,12-,15-/m0/s1. The van der Waals surface area contributed by atoms with Crippen LogP contribution in [-0.2, 0) is 0 Å². The minimum Gasteiger partial charge on any atom is -0.363 e. The summed E-state index contributed by atoms with van der Waals surface area (Å²) in [5, 5.41) is 26.4. The molecule has 0 unspecified atom stereocenters. The minimum atomic E-state index is -5.39. The lowest BCUT2D eigenvalue weighted by molar-refractivity contribution is -0.385. The van der Waals surface area contributed by atoms with E-state index < -0.39 is 46.3 Å². The van der Waals surface area contributed by atoms with Crippen LogP contribution in [0.2, 0.25) is 0 Å². The van der Waals surface area contributed by atoms with Crippen molar-refractivity contribution in [2.45, 2.75) is 17.9 Å². The summed E-state index contributed by atoms with van der Waals surface area (Å²) in [6.45, 7) is 0. The topological polar surface area (TPSA) is 122 Å². The molecular formula is C16H12F3N3O5S. The lowest BCUT2D eigenvalue weighted by atomic mass is 9.78. The Morgan fingerprint density at radius 3 is 2.57 bits per heavy atom. The molecule has 1 aliphatic heterocycles. The Labute approximate surface area is 159 Å². The van der Waals surface area contributed by atoms with Crippen LogP contribution in [0.4, 0.5) is 23.7 Å². The number of halogens is 3. The van der Waals surface area contributed by atoms with Gasteiger partial charge in [-0.15, -0.1) is 11.3 Å². The van der Waals surface area contributed by atoms with Crippen LogP contribution in [-0.4, -0.2) is 33.7 Å². The molecule has 148 valence electrons. The van der Waals surface area contributed by atoms with E-state index in [9.17, 15) is 38.0 Å². The molecule has 3 rings (SSSR count). The maximum Gasteiger partial charge on any atom is 0.437 e. The number of carbonyl (C=O) groups excluding carboxylic acids is 2. The fourth-order valence-corrected chi connectivity index (χ4v) is 3.72. The van der Waals surface area contributed by atoms with E-state index in [1.807, 2.05) is 0 Å². The van der Waals surface area contributed by atoms with Gasteiger partial charge >= 0.3 is 12.2 Å². The van der Waals surface area contributed by atoms with Crippen molar-refractivity contribution in [3.05, 3.63) is 62.3 Å². The predicted octanol–water partition coefficient (Wildman–Crippen LogP) is 2.76. The molecule has 0 radical (unpaired) electrons. The number of hydrogen-bond donors (Lipinski definition) is 3. The van der Waals surface area contributed by atoms with E-state index in [0.29, 0.717) is 0 Å². The van der Waals surface area contributed by atoms with Crippen LogP contribution in [0, 0.1) is 16.0 Å². The van der Waals surface area contributed by atoms with E-state index in [-0.39, 0.29) is 10.4 Å². The lowest BCUT2D eigenvalue weighted by Gasteiger charge is -2.44. The number of nitro benzene ring substituents is 1. The SMILES string of the molecule is O=C1N[C@@H](c2cccc([N+](=O)[O-])c2)[C@@H](C(=O)c2cccs2)[C@](O)(C(F)(F)F)N1. The molecule has 1 aromatic heterocycles. The number of non-ortho nitro benzene ring substituents is 1. The fraction of sp³-hybridized carbons (Fsp3) is 0.250. The van der Waals surface area contributed by atoms with Gasteiger partial charge in [-0.1, -0.05) is 18.2 Å². The van der Waals surface area contributed by atoms with Crippen LogP contribution < -0.4 is 10.6 Å². The number of Topliss-reactive ketones (excluding diaryl/α,β-unsaturated/α-hetero) is 1. The van der Waals surface area contributed by atoms with E-state index in [1.165, 1.54) is 35.0 Å². The molecule has 3 atom stereocenters. The normalized spacial score (nSPS) is 24.9. The number of nitrogens with zero attached hydrogens (tertiary/aromatic N) is 1. The van der Waals surface area contributed by atoms with Crippen molar-refractivity contribution in [1.82, 2.24) is 10.6 Å². The number of carbonyl (C=O) groups is 2. The molecule has 8 nitrogen and oxygen atoms in total. The van der Waals surface area contributed by atoms with Gasteiger partial charge in [0.15, 0.2) is 5.78 Å². The molecule has 0 bridgehead atoms. The average molecular weight is 415 g/mol. The fourth-order valence-electron chi connectivity index (χ4n) is 3.02. The molecule has 3 N–H and O–H groups in total. The lowest BCUT2D eigenvalue weighted by Crippen LogP contribution is -2.72. The van der Waals surface area contributed by atoms with Gasteiger partial charge < -0.3 is 15.7 Å². The molecule has 0 aliphatic carbocycles. The van der Waals surface area contributed by atoms with Crippen LogP contribution in [0.3, 0.4) is 0 Å². The molecule has 0 spiro atoms. The highest BCUT2D eigenvalue weighted by molar-refractivity contribution is 7.12. The Kier molecular flexibility index (Phi) is 4.85. The summed E-state index contributed by atoms with van der Waals surface area (Å²) < 4.78 is 41.1. The summed E-state index contributed by atoms with van der Waals surface area (Å²) in [4.78, 5) is 34.9. The van der Waals surface area contributed by atoms with Gasteiger partial charge in [0, 0.05) is 12.1 Å². The van der Waals surface area contributed by atoms with Gasteiger partial charge in [0.05, 0.1) is 15.8 Å². The third-order valence-corrected chi connectivity index (χ3v) is 5.18. The van der Waals surface area contributed by atoms with Crippen molar-refractivity contribution in [3.63, 3.8) is 0 Å². The van der Waals surface area contributed by atoms with Crippen molar-refractivity contribution in [1.29, 1.82) is 0 Å². The highest BCUT2D eigenvalue weighted by Gasteiger charge is 2.66. The van der Waals surface area contributed by atoms with Crippen LogP contribution in [0.15, 0.2) is 41.8 Å². The van der Waals surface area contributed by atoms with Crippen molar-refractivity contribution in [3.8, 4) is 0 Å². The molecule has 0 saturated carbocycles. The van der Waals surface area contributed by atoms with E-state index in [2.05, 4.69) is 5.32 Å². The number of amides is 2. The number of rotatable bonds is 4. The number of alkyl halides is 3. The first-order valence-corrected chi connectivity index (χ1v) is 8.62. The largest absolute Gasteiger partial charge is 0.437 e. The van der Waals surface area contributed by atoms with Crippen molar-refractivity contribution >= 4 is 28.8 Å². The minimum absolute atomic E-state index is 0.0685. The highest BCUT2D eigenvalue weighted by Crippen LogP contribution is 2.44. The van der Waals surface area contributed by atoms with Gasteiger partial charge in [0.25, 0.3) is 5.69 Å². The first-order chi connectivity index (χ1) is 13.0. The molecule has 1 aliphatic rings. The van der Waals surface area contributed by atoms with Crippen LogP contribution in [0.25, 0.3) is 0 Å². The second-order valence-electron chi connectivity index (χ2n) is 6.01. The van der Waals surface area contributed by atoms with Crippen molar-refractivity contribution in [2.24, 2.45) is 5.92 Å². The number of ketones is 1. The molecule has 1 aromatic carbocycles. The second-order valence-corrected chi connectivity index (χ2v) is 6.96. The maximum atomic E-state index is 13.7. The van der Waals surface area contributed by atoms with Gasteiger partial charge in [0.1, 0.15) is 5.92 Å². The zero-order chi connectivity index (χ0) is 20.7. The zero-order valence-electron chi connectivity index (χ0n) is 13.8. The molecule has 1 saturated heterocycles. The van der Waals surface area contributed by atoms with E-state index in [1.54, 1.807) is 0 Å². The Morgan fingerprint density at radius 1 is 1.29 bits per heavy atom. The molecule has 2 amide bonds. The van der Waals surface area contributed by atoms with Gasteiger partial charge in [-0.25, -0.2) is 4.79 Å². The predicted molar refractivity (Wildman–Crippen MR) is 90.6 cm³/mol. The first-order valence-electron chi connectivity index (χ1n) is 7.74. The molecule has 28 heavy (non-hydrogen) atoms. The van der Waals surface area contributed by atoms with Gasteiger partial charge in [0.2, 0.25) is 5.72 Å². The Hall–Kier alpha value is -2.99. The number of aliphatic hydroxyl groups is 1. The summed E-state index contributed by atoms with van der Waals surface area (Å²) >= 11 is 0.865. The van der Waals surface area contributed by atoms with Crippen LogP contribution in [0.5, 0.6) is 0 Å². The Balaban J connectivity index is 2.17. The third kappa shape index (κ3) is 3.31. The number of nitrogens with one attached hydrogen (secondary N) is 2. The number of thiophene rings is 1. The van der Waals surface area contributed by atoms with E-state index in [0.717, 1.165) is 23.5 Å². The number of hydrogen-bond acceptors (Lipinski definition) is 6. The Morgan fingerprint density at radius 2 is 2.00 bits per heavy atom. The number of nitro groups is 1. The van der Waals surface area contributed by atoms with Gasteiger partial charge in [-0.2, -0.15) is 13.2 Å². The molecule has 2 heterocycles. The smallest absolute Gasteiger partial charge is 0.363 e. The molecule has 2 aromatic rings. The first kappa shape index (κ1) is 19.8. The summed E-state index contributed by atoms with van der Waals surface area (Å²) in [6.07, 6.45) is -5.39. The summed E-state index contributed by atoms with van der Waals surface area (Å²) in [5.74, 6) is -3.29. The zero-order valence-corrected chi connectivity index (χ0v) is 14.6. The second kappa shape index (κ2) is 6.87. The number of urea groups is 1. The van der Waals surface area contributed by atoms with Crippen LogP contribution >= 0.6 is 11.3 Å². The van der Waals surface area contributed by atoms with E-state index in [4.69, 9.17) is 0 Å².